The number of esters is 1. The molecule has 0 aliphatic carbocycles. The fourth-order valence-corrected chi connectivity index (χ4v) is 1.89. The van der Waals surface area contributed by atoms with Crippen molar-refractivity contribution in [2.24, 2.45) is 0 Å². The normalized spacial score (nSPS) is 26.5. The van der Waals surface area contributed by atoms with Gasteiger partial charge in [0.05, 0.1) is 6.61 Å². The van der Waals surface area contributed by atoms with Crippen LogP contribution in [0.15, 0.2) is 0 Å². The van der Waals surface area contributed by atoms with Crippen LogP contribution < -0.4 is 0 Å². The third-order valence-electron chi connectivity index (χ3n) is 1.23. The van der Waals surface area contributed by atoms with E-state index in [0.29, 0.717) is 0 Å². The Morgan fingerprint density at radius 2 is 2.20 bits per heavy atom. The van der Waals surface area contributed by atoms with Gasteiger partial charge < -0.3 is 4.74 Å². The van der Waals surface area contributed by atoms with Gasteiger partial charge >= 0.3 is 5.97 Å². The van der Waals surface area contributed by atoms with Crippen molar-refractivity contribution in [1.82, 2.24) is 0 Å². The van der Waals surface area contributed by atoms with Crippen LogP contribution in [0, 0.1) is 0 Å². The van der Waals surface area contributed by atoms with Gasteiger partial charge in [-0.2, -0.15) is 0 Å². The molecule has 1 heterocycles. The number of rotatable bonds is 1. The van der Waals surface area contributed by atoms with Crippen LogP contribution in [0.5, 0.6) is 0 Å². The number of halogens is 1. The molecule has 58 valence electrons. The molecular formula is C4H5ClO4S. The van der Waals surface area contributed by atoms with Crippen molar-refractivity contribution < 1.29 is 17.9 Å². The van der Waals surface area contributed by atoms with Gasteiger partial charge in [-0.15, -0.1) is 0 Å². The minimum atomic E-state index is -3.75. The summed E-state index contributed by atoms with van der Waals surface area (Å²) in [6, 6.07) is 0. The second-order valence-corrected chi connectivity index (χ2v) is 4.73. The van der Waals surface area contributed by atoms with E-state index in [-0.39, 0.29) is 13.0 Å². The zero-order valence-electron chi connectivity index (χ0n) is 4.91. The molecule has 0 aromatic heterocycles. The minimum absolute atomic E-state index is 0.148. The zero-order chi connectivity index (χ0) is 7.78. The van der Waals surface area contributed by atoms with E-state index in [0.717, 1.165) is 0 Å². The van der Waals surface area contributed by atoms with Crippen LogP contribution in [0.1, 0.15) is 6.42 Å². The maximum Gasteiger partial charge on any atom is 0.325 e. The molecule has 0 bridgehead atoms. The smallest absolute Gasteiger partial charge is 0.325 e. The third-order valence-corrected chi connectivity index (χ3v) is 2.98. The molecule has 0 amide bonds. The molecule has 1 atom stereocenters. The summed E-state index contributed by atoms with van der Waals surface area (Å²) in [5.74, 6) is -0.741. The number of carbonyl (C=O) groups excluding carboxylic acids is 1. The first-order valence-corrected chi connectivity index (χ1v) is 4.99. The first kappa shape index (κ1) is 7.81. The number of cyclic esters (lactones) is 1. The van der Waals surface area contributed by atoms with E-state index in [1.807, 2.05) is 0 Å². The molecule has 1 saturated heterocycles. The van der Waals surface area contributed by atoms with E-state index < -0.39 is 20.3 Å². The van der Waals surface area contributed by atoms with Crippen LogP contribution in [0.25, 0.3) is 0 Å². The molecule has 1 unspecified atom stereocenters. The van der Waals surface area contributed by atoms with Gasteiger partial charge in [0.25, 0.3) is 0 Å². The summed E-state index contributed by atoms with van der Waals surface area (Å²) in [4.78, 5) is 10.5. The molecule has 10 heavy (non-hydrogen) atoms. The fourth-order valence-electron chi connectivity index (χ4n) is 0.733. The minimum Gasteiger partial charge on any atom is -0.465 e. The van der Waals surface area contributed by atoms with Gasteiger partial charge in [-0.1, -0.05) is 0 Å². The van der Waals surface area contributed by atoms with Gasteiger partial charge in [-0.3, -0.25) is 4.79 Å². The first-order chi connectivity index (χ1) is 4.52. The molecule has 0 aromatic carbocycles. The number of carbonyl (C=O) groups is 1. The molecule has 0 aromatic rings. The number of ether oxygens (including phenoxy) is 1. The van der Waals surface area contributed by atoms with Crippen LogP contribution in [0.4, 0.5) is 0 Å². The summed E-state index contributed by atoms with van der Waals surface area (Å²) in [5.41, 5.74) is 0. The van der Waals surface area contributed by atoms with E-state index in [1.165, 1.54) is 0 Å². The predicted molar refractivity (Wildman–Crippen MR) is 34.1 cm³/mol. The Balaban J connectivity index is 2.84. The molecule has 0 spiro atoms. The molecule has 6 heteroatoms. The second-order valence-electron chi connectivity index (χ2n) is 1.92. The monoisotopic (exact) mass is 184 g/mol. The number of hydrogen-bond acceptors (Lipinski definition) is 4. The zero-order valence-corrected chi connectivity index (χ0v) is 6.48. The van der Waals surface area contributed by atoms with Crippen LogP contribution in [0.3, 0.4) is 0 Å². The Morgan fingerprint density at radius 1 is 1.60 bits per heavy atom. The average molecular weight is 185 g/mol. The summed E-state index contributed by atoms with van der Waals surface area (Å²) in [6.45, 7) is 0.148. The van der Waals surface area contributed by atoms with Crippen molar-refractivity contribution in [3.8, 4) is 0 Å². The number of hydrogen-bond donors (Lipinski definition) is 0. The molecule has 1 aliphatic heterocycles. The van der Waals surface area contributed by atoms with Crippen LogP contribution in [0.2, 0.25) is 0 Å². The molecule has 0 N–H and O–H groups in total. The molecule has 1 rings (SSSR count). The first-order valence-electron chi connectivity index (χ1n) is 2.62. The van der Waals surface area contributed by atoms with E-state index in [9.17, 15) is 13.2 Å². The van der Waals surface area contributed by atoms with E-state index in [1.54, 1.807) is 0 Å². The fraction of sp³-hybridized carbons (Fsp3) is 0.750. The summed E-state index contributed by atoms with van der Waals surface area (Å²) >= 11 is 0. The van der Waals surface area contributed by atoms with Crippen molar-refractivity contribution >= 4 is 25.7 Å². The Morgan fingerprint density at radius 3 is 2.40 bits per heavy atom. The average Bonchev–Trinajstić information content (AvgIpc) is 2.11. The van der Waals surface area contributed by atoms with Gasteiger partial charge in [0.1, 0.15) is 0 Å². The van der Waals surface area contributed by atoms with Crippen LogP contribution >= 0.6 is 10.7 Å². The lowest BCUT2D eigenvalue weighted by molar-refractivity contribution is -0.137. The Bertz CT molecular complexity index is 244. The molecular weight excluding hydrogens is 180 g/mol. The highest BCUT2D eigenvalue weighted by Gasteiger charge is 2.36. The lowest BCUT2D eigenvalue weighted by atomic mass is 10.4. The van der Waals surface area contributed by atoms with Crippen LogP contribution in [-0.2, 0) is 18.6 Å². The van der Waals surface area contributed by atoms with Gasteiger partial charge in [-0.25, -0.2) is 8.42 Å². The lowest BCUT2D eigenvalue weighted by Gasteiger charge is -1.96. The standard InChI is InChI=1S/C4H5ClO4S/c5-10(7,8)3-1-2-9-4(3)6/h3H,1-2H2. The Hall–Kier alpha value is -0.290. The highest BCUT2D eigenvalue weighted by atomic mass is 35.7. The quantitative estimate of drug-likeness (QED) is 0.421. The van der Waals surface area contributed by atoms with E-state index in [4.69, 9.17) is 10.7 Å². The molecule has 0 radical (unpaired) electrons. The summed E-state index contributed by atoms with van der Waals surface area (Å²) in [5, 5.41) is -1.14. The van der Waals surface area contributed by atoms with Gasteiger partial charge in [0.2, 0.25) is 9.05 Å². The largest absolute Gasteiger partial charge is 0.465 e. The van der Waals surface area contributed by atoms with Crippen molar-refractivity contribution in [2.45, 2.75) is 11.7 Å². The molecule has 1 aliphatic rings. The van der Waals surface area contributed by atoms with E-state index >= 15 is 0 Å². The summed E-state index contributed by atoms with van der Waals surface area (Å²) in [7, 11) is 1.15. The Kier molecular flexibility index (Phi) is 1.87. The van der Waals surface area contributed by atoms with Gasteiger partial charge in [0, 0.05) is 17.1 Å². The van der Waals surface area contributed by atoms with Gasteiger partial charge in [0.15, 0.2) is 5.25 Å². The van der Waals surface area contributed by atoms with Gasteiger partial charge in [-0.05, 0) is 0 Å². The van der Waals surface area contributed by atoms with Crippen molar-refractivity contribution in [1.29, 1.82) is 0 Å². The third kappa shape index (κ3) is 1.41. The Labute approximate surface area is 62.5 Å². The molecule has 1 fully saturated rings. The van der Waals surface area contributed by atoms with Crippen molar-refractivity contribution in [2.75, 3.05) is 6.61 Å². The maximum absolute atomic E-state index is 10.5. The van der Waals surface area contributed by atoms with Crippen LogP contribution in [-0.4, -0.2) is 26.2 Å². The second kappa shape index (κ2) is 2.39. The highest BCUT2D eigenvalue weighted by Crippen LogP contribution is 2.18. The van der Waals surface area contributed by atoms with Crippen molar-refractivity contribution in [3.05, 3.63) is 0 Å². The molecule has 4 nitrogen and oxygen atoms in total. The lowest BCUT2D eigenvalue weighted by Crippen LogP contribution is -2.21. The SMILES string of the molecule is O=C1OCCC1S(=O)(=O)Cl. The maximum atomic E-state index is 10.5. The summed E-state index contributed by atoms with van der Waals surface area (Å²) < 4.78 is 25.4. The highest BCUT2D eigenvalue weighted by molar-refractivity contribution is 8.14. The predicted octanol–water partition coefficient (Wildman–Crippen LogP) is -0.129. The van der Waals surface area contributed by atoms with E-state index in [2.05, 4.69) is 4.74 Å². The molecule has 0 saturated carbocycles. The topological polar surface area (TPSA) is 60.4 Å². The summed E-state index contributed by atoms with van der Waals surface area (Å²) in [6.07, 6.45) is 0.171. The van der Waals surface area contributed by atoms with Crippen molar-refractivity contribution in [3.63, 3.8) is 0 Å².